The summed E-state index contributed by atoms with van der Waals surface area (Å²) in [6, 6.07) is 0. The van der Waals surface area contributed by atoms with E-state index in [0.29, 0.717) is 12.8 Å². The van der Waals surface area contributed by atoms with Crippen LogP contribution in [0.1, 0.15) is 206 Å². The molecule has 0 aromatic heterocycles. The number of carbonyl (C=O) groups is 2. The molecule has 0 spiro atoms. The second-order valence-electron chi connectivity index (χ2n) is 16.6. The Kier molecular flexibility index (Phi) is 34.0. The van der Waals surface area contributed by atoms with Crippen LogP contribution >= 0.6 is 7.82 Å². The lowest BCUT2D eigenvalue weighted by Gasteiger charge is -2.41. The molecule has 1 fully saturated rings. The molecule has 0 aliphatic heterocycles. The summed E-state index contributed by atoms with van der Waals surface area (Å²) in [7, 11) is -5.11. The molecule has 59 heavy (non-hydrogen) atoms. The van der Waals surface area contributed by atoms with Crippen LogP contribution in [-0.2, 0) is 32.7 Å². The first-order valence-corrected chi connectivity index (χ1v) is 25.0. The van der Waals surface area contributed by atoms with Crippen LogP contribution in [0.4, 0.5) is 0 Å². The Labute approximate surface area is 356 Å². The van der Waals surface area contributed by atoms with Crippen molar-refractivity contribution in [1.82, 2.24) is 0 Å². The highest BCUT2D eigenvalue weighted by atomic mass is 31.2. The Morgan fingerprint density at radius 2 is 0.864 bits per heavy atom. The van der Waals surface area contributed by atoms with E-state index in [1.165, 1.54) is 109 Å². The van der Waals surface area contributed by atoms with Crippen molar-refractivity contribution >= 4 is 19.8 Å². The summed E-state index contributed by atoms with van der Waals surface area (Å²) < 4.78 is 33.5. The van der Waals surface area contributed by atoms with Crippen LogP contribution in [0.3, 0.4) is 0 Å². The number of esters is 2. The average molecular weight is 865 g/mol. The van der Waals surface area contributed by atoms with Crippen molar-refractivity contribution < 1.29 is 63.1 Å². The molecule has 1 rings (SSSR count). The van der Waals surface area contributed by atoms with Gasteiger partial charge in [-0.3, -0.25) is 18.6 Å². The van der Waals surface area contributed by atoms with Crippen molar-refractivity contribution in [3.8, 4) is 0 Å². The Hall–Kier alpha value is -1.41. The first-order chi connectivity index (χ1) is 28.4. The normalized spacial score (nSPS) is 22.4. The van der Waals surface area contributed by atoms with E-state index in [9.17, 15) is 44.6 Å². The zero-order chi connectivity index (χ0) is 43.6. The van der Waals surface area contributed by atoms with Crippen molar-refractivity contribution in [3.63, 3.8) is 0 Å². The van der Waals surface area contributed by atoms with Gasteiger partial charge in [0, 0.05) is 12.8 Å². The summed E-state index contributed by atoms with van der Waals surface area (Å²) in [4.78, 5) is 35.7. The molecule has 0 aromatic carbocycles. The van der Waals surface area contributed by atoms with Gasteiger partial charge < -0.3 is 39.9 Å². The molecule has 0 aromatic rings. The topological polar surface area (TPSA) is 210 Å². The third-order valence-corrected chi connectivity index (χ3v) is 12.1. The van der Waals surface area contributed by atoms with E-state index in [4.69, 9.17) is 18.5 Å². The Morgan fingerprint density at radius 1 is 0.508 bits per heavy atom. The highest BCUT2D eigenvalue weighted by Crippen LogP contribution is 2.47. The minimum absolute atomic E-state index is 0.0902. The van der Waals surface area contributed by atoms with Crippen molar-refractivity contribution in [2.75, 3.05) is 13.2 Å². The summed E-state index contributed by atoms with van der Waals surface area (Å²) in [5.74, 6) is -1.10. The first kappa shape index (κ1) is 55.6. The van der Waals surface area contributed by atoms with Gasteiger partial charge in [-0.05, 0) is 38.5 Å². The van der Waals surface area contributed by atoms with Gasteiger partial charge >= 0.3 is 19.8 Å². The summed E-state index contributed by atoms with van der Waals surface area (Å²) in [6.45, 7) is 3.28. The predicted molar refractivity (Wildman–Crippen MR) is 231 cm³/mol. The number of phosphoric ester groups is 1. The fourth-order valence-corrected chi connectivity index (χ4v) is 8.26. The van der Waals surface area contributed by atoms with Crippen LogP contribution in [0.25, 0.3) is 0 Å². The fourth-order valence-electron chi connectivity index (χ4n) is 7.28. The number of aliphatic hydroxyl groups is 5. The molecular weight excluding hydrogens is 779 g/mol. The van der Waals surface area contributed by atoms with Crippen LogP contribution in [0.2, 0.25) is 0 Å². The zero-order valence-corrected chi connectivity index (χ0v) is 37.7. The molecule has 0 heterocycles. The second-order valence-corrected chi connectivity index (χ2v) is 18.0. The van der Waals surface area contributed by atoms with E-state index in [-0.39, 0.29) is 12.8 Å². The summed E-state index contributed by atoms with van der Waals surface area (Å²) in [5.41, 5.74) is 0. The number of hydrogen-bond donors (Lipinski definition) is 6. The van der Waals surface area contributed by atoms with E-state index >= 15 is 0 Å². The molecule has 1 aliphatic rings. The summed E-state index contributed by atoms with van der Waals surface area (Å²) >= 11 is 0. The molecular formula is C45H85O13P. The van der Waals surface area contributed by atoms with Crippen LogP contribution in [0.15, 0.2) is 12.2 Å². The molecule has 13 nitrogen and oxygen atoms in total. The molecule has 6 atom stereocenters. The minimum atomic E-state index is -5.11. The monoisotopic (exact) mass is 865 g/mol. The molecule has 6 unspecified atom stereocenters. The van der Waals surface area contributed by atoms with Gasteiger partial charge in [0.1, 0.15) is 43.2 Å². The Balaban J connectivity index is 2.42. The third kappa shape index (κ3) is 28.7. The largest absolute Gasteiger partial charge is 0.472 e. The van der Waals surface area contributed by atoms with Gasteiger partial charge in [-0.25, -0.2) is 4.57 Å². The van der Waals surface area contributed by atoms with Crippen molar-refractivity contribution in [3.05, 3.63) is 12.2 Å². The number of carbonyl (C=O) groups excluding carboxylic acids is 2. The van der Waals surface area contributed by atoms with E-state index < -0.39 is 75.7 Å². The van der Waals surface area contributed by atoms with E-state index in [1.54, 1.807) is 0 Å². The molecule has 1 saturated carbocycles. The molecule has 0 radical (unpaired) electrons. The highest BCUT2D eigenvalue weighted by Gasteiger charge is 2.51. The lowest BCUT2D eigenvalue weighted by molar-refractivity contribution is -0.220. The number of aliphatic hydroxyl groups excluding tert-OH is 5. The van der Waals surface area contributed by atoms with Crippen LogP contribution in [0, 0.1) is 0 Å². The van der Waals surface area contributed by atoms with Gasteiger partial charge in [-0.15, -0.1) is 0 Å². The molecule has 0 bridgehead atoms. The van der Waals surface area contributed by atoms with Crippen LogP contribution in [-0.4, -0.2) is 98.3 Å². The Morgan fingerprint density at radius 3 is 1.32 bits per heavy atom. The Bertz CT molecular complexity index is 1090. The van der Waals surface area contributed by atoms with Gasteiger partial charge in [-0.1, -0.05) is 167 Å². The fraction of sp³-hybridized carbons (Fsp3) is 0.911. The molecule has 0 amide bonds. The maximum Gasteiger partial charge on any atom is 0.472 e. The van der Waals surface area contributed by atoms with E-state index in [2.05, 4.69) is 26.0 Å². The van der Waals surface area contributed by atoms with Gasteiger partial charge in [0.25, 0.3) is 0 Å². The summed E-state index contributed by atoms with van der Waals surface area (Å²) in [5, 5.41) is 50.1. The van der Waals surface area contributed by atoms with Gasteiger partial charge in [0.15, 0.2) is 6.10 Å². The van der Waals surface area contributed by atoms with Crippen LogP contribution < -0.4 is 0 Å². The third-order valence-electron chi connectivity index (χ3n) is 11.1. The van der Waals surface area contributed by atoms with Gasteiger partial charge in [0.2, 0.25) is 0 Å². The number of allylic oxidation sites excluding steroid dienone is 2. The first-order valence-electron chi connectivity index (χ1n) is 23.5. The van der Waals surface area contributed by atoms with Crippen molar-refractivity contribution in [1.29, 1.82) is 0 Å². The SMILES string of the molecule is CCCCC/C=C\CCCCCCCC(=O)OC(COC(=O)CCCCCCCCCCCCCCCCCCCC)COP(=O)(O)OC1C(O)C(O)C(O)C(O)C1O. The number of rotatable bonds is 39. The van der Waals surface area contributed by atoms with E-state index in [0.717, 1.165) is 57.8 Å². The maximum absolute atomic E-state index is 12.8. The summed E-state index contributed by atoms with van der Waals surface area (Å²) in [6.07, 6.45) is 24.2. The lowest BCUT2D eigenvalue weighted by Crippen LogP contribution is -2.64. The smallest absolute Gasteiger partial charge is 0.462 e. The number of phosphoric acid groups is 1. The lowest BCUT2D eigenvalue weighted by atomic mass is 9.85. The molecule has 348 valence electrons. The average Bonchev–Trinajstić information content (AvgIpc) is 3.21. The predicted octanol–water partition coefficient (Wildman–Crippen LogP) is 9.06. The minimum Gasteiger partial charge on any atom is -0.462 e. The second kappa shape index (κ2) is 36.1. The van der Waals surface area contributed by atoms with Gasteiger partial charge in [-0.2, -0.15) is 0 Å². The maximum atomic E-state index is 12.8. The van der Waals surface area contributed by atoms with Crippen LogP contribution in [0.5, 0.6) is 0 Å². The molecule has 14 heteroatoms. The number of hydrogen-bond acceptors (Lipinski definition) is 12. The number of ether oxygens (including phenoxy) is 2. The quantitative estimate of drug-likeness (QED) is 0.0148. The van der Waals surface area contributed by atoms with Crippen molar-refractivity contribution in [2.24, 2.45) is 0 Å². The standard InChI is InChI=1S/C45H85O13P/c1-3-5-7-9-11-13-15-17-18-19-20-21-22-24-25-27-29-31-33-38(46)55-35-37(57-39(47)34-32-30-28-26-23-16-14-12-10-8-6-4-2)36-56-59(53,54)58-45-43(51)41(49)40(48)42(50)44(45)52/h12,14,37,40-45,48-52H,3-11,13,15-36H2,1-2H3,(H,53,54)/b14-12-. The zero-order valence-electron chi connectivity index (χ0n) is 36.8. The van der Waals surface area contributed by atoms with Gasteiger partial charge in [0.05, 0.1) is 6.61 Å². The molecule has 0 saturated heterocycles. The molecule has 6 N–H and O–H groups in total. The number of unbranched alkanes of at least 4 members (excludes halogenated alkanes) is 25. The van der Waals surface area contributed by atoms with Crippen molar-refractivity contribution in [2.45, 2.75) is 249 Å². The molecule has 1 aliphatic carbocycles. The van der Waals surface area contributed by atoms with E-state index in [1.807, 2.05) is 0 Å². The highest BCUT2D eigenvalue weighted by molar-refractivity contribution is 7.47.